The van der Waals surface area contributed by atoms with E-state index in [1.807, 2.05) is 6.08 Å². The van der Waals surface area contributed by atoms with Crippen molar-refractivity contribution < 1.29 is 9.47 Å². The van der Waals surface area contributed by atoms with E-state index in [2.05, 4.69) is 86.3 Å². The summed E-state index contributed by atoms with van der Waals surface area (Å²) in [5, 5.41) is 2.46. The molecule has 0 aliphatic rings. The van der Waals surface area contributed by atoms with Gasteiger partial charge in [0.1, 0.15) is 11.5 Å². The molecule has 0 heterocycles. The summed E-state index contributed by atoms with van der Waals surface area (Å²) >= 11 is 0. The summed E-state index contributed by atoms with van der Waals surface area (Å²) in [6.45, 7) is 7.69. The number of rotatable bonds is 27. The van der Waals surface area contributed by atoms with Crippen LogP contribution >= 0.6 is 0 Å². The summed E-state index contributed by atoms with van der Waals surface area (Å²) in [6.07, 6.45) is 32.9. The van der Waals surface area contributed by atoms with Crippen LogP contribution in [0.3, 0.4) is 0 Å². The van der Waals surface area contributed by atoms with Crippen molar-refractivity contribution in [3.63, 3.8) is 0 Å². The molecule has 0 radical (unpaired) electrons. The van der Waals surface area contributed by atoms with Crippen LogP contribution in [0.5, 0.6) is 11.5 Å². The lowest BCUT2D eigenvalue weighted by molar-refractivity contribution is 0.304. The zero-order valence-electron chi connectivity index (χ0n) is 28.6. The van der Waals surface area contributed by atoms with E-state index in [1.54, 1.807) is 0 Å². The Morgan fingerprint density at radius 3 is 1.51 bits per heavy atom. The lowest BCUT2D eigenvalue weighted by Gasteiger charge is -2.08. The highest BCUT2D eigenvalue weighted by Gasteiger charge is 2.01. The van der Waals surface area contributed by atoms with Gasteiger partial charge in [-0.2, -0.15) is 0 Å². The van der Waals surface area contributed by atoms with Gasteiger partial charge in [-0.15, -0.1) is 6.58 Å². The number of ether oxygens (including phenoxy) is 2. The summed E-state index contributed by atoms with van der Waals surface area (Å²) < 4.78 is 12.1. The quantitative estimate of drug-likeness (QED) is 0.0485. The molecule has 0 saturated carbocycles. The molecule has 3 aromatic carbocycles. The Bertz CT molecular complexity index is 1190. The SMILES string of the molecule is C=CCCCCCCCCCOc1ccc2cc(/C=C/c3ccc(OCCCCCCCCCCCCCC)cc3)ccc2c1. The van der Waals surface area contributed by atoms with Gasteiger partial charge in [0, 0.05) is 0 Å². The fraction of sp³-hybridized carbons (Fsp3) is 0.535. The molecular formula is C43H62O2. The molecule has 0 N–H and O–H groups in total. The molecule has 2 heteroatoms. The number of benzene rings is 3. The van der Waals surface area contributed by atoms with E-state index < -0.39 is 0 Å². The largest absolute Gasteiger partial charge is 0.494 e. The Morgan fingerprint density at radius 1 is 0.467 bits per heavy atom. The highest BCUT2D eigenvalue weighted by molar-refractivity contribution is 5.87. The second-order valence-electron chi connectivity index (χ2n) is 12.8. The summed E-state index contributed by atoms with van der Waals surface area (Å²) in [5.41, 5.74) is 2.39. The van der Waals surface area contributed by atoms with Gasteiger partial charge < -0.3 is 9.47 Å². The maximum Gasteiger partial charge on any atom is 0.119 e. The van der Waals surface area contributed by atoms with E-state index in [1.165, 1.54) is 131 Å². The van der Waals surface area contributed by atoms with Gasteiger partial charge in [0.15, 0.2) is 0 Å². The molecule has 0 spiro atoms. The maximum absolute atomic E-state index is 6.05. The molecule has 0 amide bonds. The fourth-order valence-electron chi connectivity index (χ4n) is 5.90. The monoisotopic (exact) mass is 610 g/mol. The molecule has 3 aromatic rings. The van der Waals surface area contributed by atoms with Crippen LogP contribution < -0.4 is 9.47 Å². The molecule has 45 heavy (non-hydrogen) atoms. The second kappa shape index (κ2) is 24.3. The van der Waals surface area contributed by atoms with E-state index in [-0.39, 0.29) is 0 Å². The van der Waals surface area contributed by atoms with Crippen molar-refractivity contribution in [1.29, 1.82) is 0 Å². The topological polar surface area (TPSA) is 18.5 Å². The molecule has 3 rings (SSSR count). The first-order chi connectivity index (χ1) is 22.3. The van der Waals surface area contributed by atoms with Crippen LogP contribution in [0.1, 0.15) is 146 Å². The lowest BCUT2D eigenvalue weighted by Crippen LogP contribution is -1.97. The molecule has 2 nitrogen and oxygen atoms in total. The number of allylic oxidation sites excluding steroid dienone is 1. The zero-order chi connectivity index (χ0) is 31.6. The standard InChI is InChI=1S/C43H62O2/c1-3-5-7-9-11-13-14-15-17-19-20-22-34-44-42-31-27-38(28-32-42)24-25-39-26-29-41-37-43(33-30-40(41)36-39)45-35-23-21-18-16-12-10-8-6-4-2/h4,24-33,36-37H,2-3,5-23,34-35H2,1H3/b25-24+. The van der Waals surface area contributed by atoms with Crippen molar-refractivity contribution in [3.05, 3.63) is 84.4 Å². The van der Waals surface area contributed by atoms with Gasteiger partial charge >= 0.3 is 0 Å². The Kier molecular flexibility index (Phi) is 19.7. The van der Waals surface area contributed by atoms with E-state index >= 15 is 0 Å². The third-order valence-corrected chi connectivity index (χ3v) is 8.77. The molecule has 0 aromatic heterocycles. The third kappa shape index (κ3) is 16.8. The van der Waals surface area contributed by atoms with Gasteiger partial charge in [-0.05, 0) is 77.9 Å². The van der Waals surface area contributed by atoms with Crippen LogP contribution in [0.15, 0.2) is 73.3 Å². The molecule has 246 valence electrons. The fourth-order valence-corrected chi connectivity index (χ4v) is 5.90. The van der Waals surface area contributed by atoms with Crippen molar-refractivity contribution in [1.82, 2.24) is 0 Å². The van der Waals surface area contributed by atoms with E-state index in [0.29, 0.717) is 0 Å². The van der Waals surface area contributed by atoms with Crippen LogP contribution in [-0.4, -0.2) is 13.2 Å². The van der Waals surface area contributed by atoms with Crippen LogP contribution in [0.4, 0.5) is 0 Å². The van der Waals surface area contributed by atoms with Gasteiger partial charge in [-0.1, -0.05) is 158 Å². The summed E-state index contributed by atoms with van der Waals surface area (Å²) in [7, 11) is 0. The Balaban J connectivity index is 1.27. The average molecular weight is 611 g/mol. The second-order valence-corrected chi connectivity index (χ2v) is 12.8. The lowest BCUT2D eigenvalue weighted by atomic mass is 10.1. The predicted octanol–water partition coefficient (Wildman–Crippen LogP) is 13.8. The summed E-state index contributed by atoms with van der Waals surface area (Å²) in [5.74, 6) is 1.94. The first-order valence-corrected chi connectivity index (χ1v) is 18.5. The predicted molar refractivity (Wildman–Crippen MR) is 199 cm³/mol. The van der Waals surface area contributed by atoms with Crippen LogP contribution in [0.2, 0.25) is 0 Å². The van der Waals surface area contributed by atoms with Crippen molar-refractivity contribution in [2.75, 3.05) is 13.2 Å². The van der Waals surface area contributed by atoms with Crippen LogP contribution in [0.25, 0.3) is 22.9 Å². The van der Waals surface area contributed by atoms with Gasteiger partial charge in [-0.25, -0.2) is 0 Å². The molecule has 0 atom stereocenters. The first-order valence-electron chi connectivity index (χ1n) is 18.5. The minimum atomic E-state index is 0.798. The molecule has 0 bridgehead atoms. The van der Waals surface area contributed by atoms with Crippen LogP contribution in [0, 0.1) is 0 Å². The Morgan fingerprint density at radius 2 is 0.911 bits per heavy atom. The average Bonchev–Trinajstić information content (AvgIpc) is 3.07. The highest BCUT2D eigenvalue weighted by Crippen LogP contribution is 2.24. The molecule has 0 unspecified atom stereocenters. The normalized spacial score (nSPS) is 11.4. The van der Waals surface area contributed by atoms with E-state index in [0.717, 1.165) is 44.0 Å². The number of hydrogen-bond donors (Lipinski definition) is 0. The van der Waals surface area contributed by atoms with Gasteiger partial charge in [-0.3, -0.25) is 0 Å². The van der Waals surface area contributed by atoms with Gasteiger partial charge in [0.2, 0.25) is 0 Å². The zero-order valence-corrected chi connectivity index (χ0v) is 28.6. The number of fused-ring (bicyclic) bond motifs is 1. The minimum absolute atomic E-state index is 0.798. The Hall–Kier alpha value is -3.00. The third-order valence-electron chi connectivity index (χ3n) is 8.77. The van der Waals surface area contributed by atoms with Gasteiger partial charge in [0.25, 0.3) is 0 Å². The van der Waals surface area contributed by atoms with Crippen molar-refractivity contribution in [2.45, 2.75) is 135 Å². The smallest absolute Gasteiger partial charge is 0.119 e. The number of unbranched alkanes of at least 4 members (excludes halogenated alkanes) is 18. The molecule has 0 fully saturated rings. The molecule has 0 aliphatic carbocycles. The highest BCUT2D eigenvalue weighted by atomic mass is 16.5. The van der Waals surface area contributed by atoms with E-state index in [4.69, 9.17) is 9.47 Å². The van der Waals surface area contributed by atoms with E-state index in [9.17, 15) is 0 Å². The first kappa shape index (κ1) is 36.5. The minimum Gasteiger partial charge on any atom is -0.494 e. The van der Waals surface area contributed by atoms with Crippen molar-refractivity contribution in [2.24, 2.45) is 0 Å². The van der Waals surface area contributed by atoms with Crippen molar-refractivity contribution in [3.8, 4) is 11.5 Å². The molecule has 0 saturated heterocycles. The Labute approximate surface area is 276 Å². The summed E-state index contributed by atoms with van der Waals surface area (Å²) in [6, 6.07) is 21.5. The number of hydrogen-bond acceptors (Lipinski definition) is 2. The molecule has 0 aliphatic heterocycles. The summed E-state index contributed by atoms with van der Waals surface area (Å²) in [4.78, 5) is 0. The van der Waals surface area contributed by atoms with Crippen molar-refractivity contribution >= 4 is 22.9 Å². The van der Waals surface area contributed by atoms with Crippen LogP contribution in [-0.2, 0) is 0 Å². The van der Waals surface area contributed by atoms with Gasteiger partial charge in [0.05, 0.1) is 13.2 Å². The maximum atomic E-state index is 6.05. The molecular weight excluding hydrogens is 548 g/mol.